The highest BCUT2D eigenvalue weighted by Crippen LogP contribution is 2.40. The van der Waals surface area contributed by atoms with Gasteiger partial charge in [0, 0.05) is 53.8 Å². The zero-order valence-electron chi connectivity index (χ0n) is 48.7. The molecular formula is C82H71N3. The Kier molecular flexibility index (Phi) is 17.5. The Hall–Kier alpha value is -10.1. The van der Waals surface area contributed by atoms with E-state index in [0.717, 1.165) is 66.0 Å². The van der Waals surface area contributed by atoms with Crippen molar-refractivity contribution in [3.05, 3.63) is 381 Å². The first kappa shape index (κ1) is 55.4. The van der Waals surface area contributed by atoms with Crippen molar-refractivity contribution >= 4 is 51.6 Å². The number of pyridine rings is 1. The molecule has 0 bridgehead atoms. The minimum atomic E-state index is 0.842. The maximum absolute atomic E-state index is 4.58. The molecule has 3 nitrogen and oxygen atoms in total. The molecule has 3 heteroatoms. The van der Waals surface area contributed by atoms with E-state index in [1.54, 1.807) is 0 Å². The van der Waals surface area contributed by atoms with Crippen molar-refractivity contribution in [2.24, 2.45) is 0 Å². The van der Waals surface area contributed by atoms with Crippen LogP contribution in [0.4, 0.5) is 22.7 Å². The Labute approximate surface area is 503 Å². The normalized spacial score (nSPS) is 12.7. The SMILES string of the molecule is Cc1ccccc1/C(=C(\C=C\c1ccc(N(c2ccc(/C=C/C=C(/c3ccccc3)c3cccc(Cc4ccc(N(Cc5ccccc5)Cc5ccccc5)cc4)c3)cc2)c2cc(C)c3c(c2)CCCC3)cc1)c1cccnc1)c1ccccc1. The van der Waals surface area contributed by atoms with Crippen molar-refractivity contribution in [2.75, 3.05) is 9.80 Å². The summed E-state index contributed by atoms with van der Waals surface area (Å²) in [5.41, 5.74) is 26.9. The zero-order chi connectivity index (χ0) is 57.6. The van der Waals surface area contributed by atoms with Gasteiger partial charge >= 0.3 is 0 Å². The van der Waals surface area contributed by atoms with Gasteiger partial charge in [-0.3, -0.25) is 4.98 Å². The molecule has 0 fully saturated rings. The van der Waals surface area contributed by atoms with Crippen LogP contribution in [0, 0.1) is 13.8 Å². The maximum Gasteiger partial charge on any atom is 0.0467 e. The molecule has 0 saturated heterocycles. The molecule has 0 radical (unpaired) electrons. The summed E-state index contributed by atoms with van der Waals surface area (Å²) in [5.74, 6) is 0. The average Bonchev–Trinajstić information content (AvgIpc) is 3.37. The first-order valence-corrected chi connectivity index (χ1v) is 30.0. The number of rotatable bonds is 19. The van der Waals surface area contributed by atoms with Gasteiger partial charge in [0.2, 0.25) is 0 Å². The number of aryl methyl sites for hydroxylation is 3. The molecule has 0 amide bonds. The quantitative estimate of drug-likeness (QED) is 0.0752. The lowest BCUT2D eigenvalue weighted by Gasteiger charge is -2.28. The molecule has 0 saturated carbocycles. The standard InChI is InChI=1S/C82H71N3/c1-61-22-15-17-37-79(61)82(70-31-13-6-14-32-70)81(73-35-21-53-83-58-73)52-45-64-41-50-76(51-42-64)85(77-54-62(2)78-36-18-16-33-72(78)57-77)75-48-39-63(40-49-75)27-20-38-80(69-29-11-5-12-30-69)71-34-19-28-68(56-71)55-65-43-46-74(47-44-65)84(59-66-23-7-3-8-24-66)60-67-25-9-4-10-26-67/h3-15,17,19-32,34-35,37-54,56-58H,16,18,33,36,55,59-60H2,1-2H3/b27-20+,52-45+,80-38-,82-81+. The van der Waals surface area contributed by atoms with Crippen molar-refractivity contribution in [1.29, 1.82) is 0 Å². The summed E-state index contributed by atoms with van der Waals surface area (Å²) in [4.78, 5) is 9.47. The van der Waals surface area contributed by atoms with Crippen molar-refractivity contribution in [1.82, 2.24) is 4.98 Å². The van der Waals surface area contributed by atoms with Crippen molar-refractivity contribution in [2.45, 2.75) is 59.0 Å². The molecule has 0 unspecified atom stereocenters. The second kappa shape index (κ2) is 26.9. The van der Waals surface area contributed by atoms with Crippen LogP contribution in [-0.2, 0) is 32.4 Å². The van der Waals surface area contributed by atoms with Gasteiger partial charge in [0.05, 0.1) is 0 Å². The number of hydrogen-bond donors (Lipinski definition) is 0. The van der Waals surface area contributed by atoms with Gasteiger partial charge in [-0.05, 0) is 195 Å². The van der Waals surface area contributed by atoms with Crippen LogP contribution >= 0.6 is 0 Å². The van der Waals surface area contributed by atoms with Gasteiger partial charge in [0.15, 0.2) is 0 Å². The van der Waals surface area contributed by atoms with E-state index in [4.69, 9.17) is 0 Å². The molecule has 0 atom stereocenters. The molecule has 1 aliphatic rings. The van der Waals surface area contributed by atoms with Gasteiger partial charge in [-0.25, -0.2) is 0 Å². The van der Waals surface area contributed by atoms with Crippen LogP contribution < -0.4 is 9.80 Å². The number of fused-ring (bicyclic) bond motifs is 1. The van der Waals surface area contributed by atoms with Gasteiger partial charge in [0.1, 0.15) is 0 Å². The fourth-order valence-corrected chi connectivity index (χ4v) is 12.0. The van der Waals surface area contributed by atoms with E-state index in [-0.39, 0.29) is 0 Å². The monoisotopic (exact) mass is 1100 g/mol. The highest BCUT2D eigenvalue weighted by molar-refractivity contribution is 6.04. The van der Waals surface area contributed by atoms with E-state index in [9.17, 15) is 0 Å². The Morgan fingerprint density at radius 3 is 1.65 bits per heavy atom. The van der Waals surface area contributed by atoms with E-state index in [2.05, 4.69) is 320 Å². The van der Waals surface area contributed by atoms with E-state index in [0.29, 0.717) is 0 Å². The summed E-state index contributed by atoms with van der Waals surface area (Å²) in [6, 6.07) is 97.0. The molecule has 1 aliphatic carbocycles. The number of anilines is 4. The largest absolute Gasteiger partial charge is 0.363 e. The lowest BCUT2D eigenvalue weighted by molar-refractivity contribution is 0.682. The molecule has 1 heterocycles. The van der Waals surface area contributed by atoms with E-state index in [1.165, 1.54) is 102 Å². The average molecular weight is 1100 g/mol. The van der Waals surface area contributed by atoms with Crippen LogP contribution in [0.15, 0.2) is 298 Å². The third-order valence-corrected chi connectivity index (χ3v) is 16.4. The number of benzene rings is 10. The highest BCUT2D eigenvalue weighted by atomic mass is 15.1. The van der Waals surface area contributed by atoms with E-state index in [1.807, 2.05) is 18.5 Å². The van der Waals surface area contributed by atoms with Crippen molar-refractivity contribution < 1.29 is 0 Å². The first-order valence-electron chi connectivity index (χ1n) is 30.0. The molecular weight excluding hydrogens is 1030 g/mol. The Bertz CT molecular complexity index is 4060. The summed E-state index contributed by atoms with van der Waals surface area (Å²) in [6.07, 6.45) is 20.6. The summed E-state index contributed by atoms with van der Waals surface area (Å²) in [7, 11) is 0. The van der Waals surface area contributed by atoms with Crippen LogP contribution in [0.25, 0.3) is 28.9 Å². The van der Waals surface area contributed by atoms with Crippen LogP contribution in [0.1, 0.15) is 96.3 Å². The van der Waals surface area contributed by atoms with Crippen LogP contribution in [0.3, 0.4) is 0 Å². The molecule has 85 heavy (non-hydrogen) atoms. The molecule has 414 valence electrons. The number of aromatic nitrogens is 1. The number of hydrogen-bond acceptors (Lipinski definition) is 3. The van der Waals surface area contributed by atoms with Gasteiger partial charge < -0.3 is 9.80 Å². The van der Waals surface area contributed by atoms with Gasteiger partial charge in [-0.2, -0.15) is 0 Å². The van der Waals surface area contributed by atoms with Crippen LogP contribution in [-0.4, -0.2) is 4.98 Å². The summed E-state index contributed by atoms with van der Waals surface area (Å²) >= 11 is 0. The maximum atomic E-state index is 4.58. The molecule has 0 N–H and O–H groups in total. The second-order valence-electron chi connectivity index (χ2n) is 22.3. The summed E-state index contributed by atoms with van der Waals surface area (Å²) in [5, 5.41) is 0. The Morgan fingerprint density at radius 1 is 0.435 bits per heavy atom. The number of nitrogens with zero attached hydrogens (tertiary/aromatic N) is 3. The van der Waals surface area contributed by atoms with Crippen molar-refractivity contribution in [3.63, 3.8) is 0 Å². The topological polar surface area (TPSA) is 19.4 Å². The van der Waals surface area contributed by atoms with E-state index < -0.39 is 0 Å². The van der Waals surface area contributed by atoms with E-state index >= 15 is 0 Å². The Morgan fingerprint density at radius 2 is 1.00 bits per heavy atom. The zero-order valence-corrected chi connectivity index (χ0v) is 48.7. The molecule has 10 aromatic carbocycles. The number of allylic oxidation sites excluding steroid dienone is 4. The lowest BCUT2D eigenvalue weighted by Crippen LogP contribution is -2.22. The van der Waals surface area contributed by atoms with Crippen molar-refractivity contribution in [3.8, 4) is 0 Å². The molecule has 1 aromatic heterocycles. The smallest absolute Gasteiger partial charge is 0.0467 e. The third-order valence-electron chi connectivity index (χ3n) is 16.4. The highest BCUT2D eigenvalue weighted by Gasteiger charge is 2.20. The Balaban J connectivity index is 0.813. The lowest BCUT2D eigenvalue weighted by atomic mass is 9.87. The van der Waals surface area contributed by atoms with Crippen LogP contribution in [0.2, 0.25) is 0 Å². The minimum Gasteiger partial charge on any atom is -0.363 e. The molecule has 0 spiro atoms. The van der Waals surface area contributed by atoms with Gasteiger partial charge in [0.25, 0.3) is 0 Å². The first-order chi connectivity index (χ1) is 42.0. The summed E-state index contributed by atoms with van der Waals surface area (Å²) in [6.45, 7) is 6.17. The molecule has 12 rings (SSSR count). The molecule has 11 aromatic rings. The summed E-state index contributed by atoms with van der Waals surface area (Å²) < 4.78 is 0. The molecule has 0 aliphatic heterocycles. The van der Waals surface area contributed by atoms with Gasteiger partial charge in [-0.1, -0.05) is 243 Å². The van der Waals surface area contributed by atoms with Gasteiger partial charge in [-0.15, -0.1) is 0 Å². The fraction of sp³-hybridized carbons (Fsp3) is 0.110. The third kappa shape index (κ3) is 13.7. The fourth-order valence-electron chi connectivity index (χ4n) is 12.0. The predicted molar refractivity (Wildman–Crippen MR) is 360 cm³/mol. The van der Waals surface area contributed by atoms with Crippen LogP contribution in [0.5, 0.6) is 0 Å². The predicted octanol–water partition coefficient (Wildman–Crippen LogP) is 20.7. The minimum absolute atomic E-state index is 0.842. The second-order valence-corrected chi connectivity index (χ2v) is 22.3.